The Labute approximate surface area is 251 Å². The highest BCUT2D eigenvalue weighted by Crippen LogP contribution is 2.41. The van der Waals surface area contributed by atoms with Gasteiger partial charge in [-0.2, -0.15) is 26.3 Å². The number of alkyl halides is 6. The first-order valence-electron chi connectivity index (χ1n) is 14.2. The van der Waals surface area contributed by atoms with Crippen molar-refractivity contribution in [2.24, 2.45) is 0 Å². The largest absolute Gasteiger partial charge is 0.416 e. The minimum atomic E-state index is -5.05. The van der Waals surface area contributed by atoms with Gasteiger partial charge in [-0.1, -0.05) is 24.3 Å². The van der Waals surface area contributed by atoms with E-state index in [2.05, 4.69) is 9.88 Å². The molecule has 2 aromatic carbocycles. The lowest BCUT2D eigenvalue weighted by Crippen LogP contribution is -2.51. The smallest absolute Gasteiger partial charge is 0.353 e. The van der Waals surface area contributed by atoms with Crippen LogP contribution in [0.25, 0.3) is 11.1 Å². The van der Waals surface area contributed by atoms with E-state index in [9.17, 15) is 35.9 Å². The molecule has 3 heterocycles. The van der Waals surface area contributed by atoms with Gasteiger partial charge in [0.05, 0.1) is 28.4 Å². The number of nitrogens with zero attached hydrogens (tertiary/aromatic N) is 4. The zero-order valence-electron chi connectivity index (χ0n) is 24.7. The lowest BCUT2D eigenvalue weighted by molar-refractivity contribution is -0.143. The number of benzene rings is 2. The lowest BCUT2D eigenvalue weighted by atomic mass is 9.81. The maximum Gasteiger partial charge on any atom is 0.416 e. The van der Waals surface area contributed by atoms with Crippen LogP contribution in [-0.4, -0.2) is 54.4 Å². The number of amides is 2. The van der Waals surface area contributed by atoms with Crippen LogP contribution in [0.5, 0.6) is 0 Å². The van der Waals surface area contributed by atoms with Crippen molar-refractivity contribution in [2.75, 3.05) is 36.5 Å². The predicted octanol–water partition coefficient (Wildman–Crippen LogP) is 6.85. The van der Waals surface area contributed by atoms with E-state index < -0.39 is 40.4 Å². The van der Waals surface area contributed by atoms with E-state index in [0.29, 0.717) is 55.3 Å². The number of hydrogen-bond donors (Lipinski definition) is 0. The van der Waals surface area contributed by atoms with Crippen molar-refractivity contribution in [3.05, 3.63) is 77.0 Å². The highest BCUT2D eigenvalue weighted by atomic mass is 19.4. The normalized spacial score (nSPS) is 17.6. The molecule has 1 atom stereocenters. The fourth-order valence-corrected chi connectivity index (χ4v) is 6.01. The minimum absolute atomic E-state index is 0.0496. The fourth-order valence-electron chi connectivity index (χ4n) is 6.01. The summed E-state index contributed by atoms with van der Waals surface area (Å²) in [5, 5.41) is 0. The summed E-state index contributed by atoms with van der Waals surface area (Å²) in [6, 6.07) is 10.6. The monoisotopic (exact) mass is 618 g/mol. The van der Waals surface area contributed by atoms with Crippen molar-refractivity contribution in [3.8, 4) is 11.1 Å². The molecular weight excluding hydrogens is 586 g/mol. The second-order valence-electron chi connectivity index (χ2n) is 11.9. The molecule has 1 aromatic heterocycles. The molecule has 0 bridgehead atoms. The molecule has 44 heavy (non-hydrogen) atoms. The third kappa shape index (κ3) is 5.86. The van der Waals surface area contributed by atoms with E-state index in [1.807, 2.05) is 42.2 Å². The van der Waals surface area contributed by atoms with Crippen LogP contribution in [0.1, 0.15) is 48.9 Å². The zero-order chi connectivity index (χ0) is 32.2. The number of likely N-dealkylation sites (N-methyl/N-ethyl adjacent to an activating group) is 1. The van der Waals surface area contributed by atoms with Crippen LogP contribution < -0.4 is 9.80 Å². The first-order chi connectivity index (χ1) is 20.5. The summed E-state index contributed by atoms with van der Waals surface area (Å²) in [5.41, 5.74) is -2.50. The molecule has 2 aliphatic rings. The standard InChI is InChI=1S/C32H32F6N4O2/c1-19-7-5-6-8-24(19)25-16-27(41-11-12-42-23(18-41)9-10-28(42)43)39-17-26(25)40(4)29(44)30(2,3)20-13-21(31(33,34)35)15-22(14-20)32(36,37)38/h5-8,13-17,23H,9-12,18H2,1-4H3/t23-/m0/s1. The zero-order valence-corrected chi connectivity index (χ0v) is 24.7. The van der Waals surface area contributed by atoms with E-state index >= 15 is 0 Å². The molecule has 0 unspecified atom stereocenters. The van der Waals surface area contributed by atoms with Crippen LogP contribution in [0, 0.1) is 6.92 Å². The van der Waals surface area contributed by atoms with Crippen molar-refractivity contribution >= 4 is 23.3 Å². The van der Waals surface area contributed by atoms with E-state index in [-0.39, 0.29) is 18.0 Å². The van der Waals surface area contributed by atoms with E-state index in [1.54, 1.807) is 0 Å². The summed E-state index contributed by atoms with van der Waals surface area (Å²) < 4.78 is 81.7. The fraction of sp³-hybridized carbons (Fsp3) is 0.406. The number of anilines is 2. The van der Waals surface area contributed by atoms with Crippen molar-refractivity contribution in [3.63, 3.8) is 0 Å². The van der Waals surface area contributed by atoms with Gasteiger partial charge < -0.3 is 14.7 Å². The molecule has 234 valence electrons. The van der Waals surface area contributed by atoms with Gasteiger partial charge in [-0.3, -0.25) is 9.59 Å². The second-order valence-corrected chi connectivity index (χ2v) is 11.9. The van der Waals surface area contributed by atoms with Crippen molar-refractivity contribution in [1.29, 1.82) is 0 Å². The Hall–Kier alpha value is -4.09. The van der Waals surface area contributed by atoms with Gasteiger partial charge in [0.25, 0.3) is 0 Å². The number of aromatic nitrogens is 1. The van der Waals surface area contributed by atoms with Crippen molar-refractivity contribution < 1.29 is 35.9 Å². The van der Waals surface area contributed by atoms with Gasteiger partial charge in [0.15, 0.2) is 0 Å². The van der Waals surface area contributed by atoms with Crippen LogP contribution in [0.2, 0.25) is 0 Å². The van der Waals surface area contributed by atoms with Crippen LogP contribution in [0.15, 0.2) is 54.7 Å². The van der Waals surface area contributed by atoms with Gasteiger partial charge in [0.2, 0.25) is 11.8 Å². The Bertz CT molecular complexity index is 1570. The Morgan fingerprint density at radius 3 is 2.14 bits per heavy atom. The molecule has 2 amide bonds. The SMILES string of the molecule is Cc1ccccc1-c1cc(N2CCN3C(=O)CC[C@H]3C2)ncc1N(C)C(=O)C(C)(C)c1cc(C(F)(F)F)cc(C(F)(F)F)c1. The summed E-state index contributed by atoms with van der Waals surface area (Å²) in [6.07, 6.45) is -7.31. The van der Waals surface area contributed by atoms with Crippen molar-refractivity contribution in [1.82, 2.24) is 9.88 Å². The molecule has 0 radical (unpaired) electrons. The minimum Gasteiger partial charge on any atom is -0.353 e. The molecule has 0 N–H and O–H groups in total. The average molecular weight is 619 g/mol. The number of pyridine rings is 1. The summed E-state index contributed by atoms with van der Waals surface area (Å²) >= 11 is 0. The molecule has 0 spiro atoms. The molecular formula is C32H32F6N4O2. The Morgan fingerprint density at radius 2 is 1.52 bits per heavy atom. The number of carbonyl (C=O) groups excluding carboxylic acids is 2. The Morgan fingerprint density at radius 1 is 0.909 bits per heavy atom. The van der Waals surface area contributed by atoms with Gasteiger partial charge in [-0.15, -0.1) is 0 Å². The number of rotatable bonds is 5. The first kappa shape index (κ1) is 31.3. The number of fused-ring (bicyclic) bond motifs is 1. The molecule has 6 nitrogen and oxygen atoms in total. The third-order valence-corrected chi connectivity index (χ3v) is 8.63. The van der Waals surface area contributed by atoms with Crippen LogP contribution in [0.3, 0.4) is 0 Å². The quantitative estimate of drug-likeness (QED) is 0.294. The number of aryl methyl sites for hydroxylation is 1. The summed E-state index contributed by atoms with van der Waals surface area (Å²) in [6.45, 7) is 6.24. The van der Waals surface area contributed by atoms with Gasteiger partial charge in [0.1, 0.15) is 5.82 Å². The average Bonchev–Trinajstić information content (AvgIpc) is 3.35. The van der Waals surface area contributed by atoms with Crippen LogP contribution in [0.4, 0.5) is 37.8 Å². The van der Waals surface area contributed by atoms with Crippen molar-refractivity contribution in [2.45, 2.75) is 57.4 Å². The van der Waals surface area contributed by atoms with Crippen LogP contribution >= 0.6 is 0 Å². The first-order valence-corrected chi connectivity index (χ1v) is 14.2. The molecule has 2 aliphatic heterocycles. The number of carbonyl (C=O) groups is 2. The molecule has 2 fully saturated rings. The number of hydrogen-bond acceptors (Lipinski definition) is 4. The van der Waals surface area contributed by atoms with E-state index in [1.165, 1.54) is 32.0 Å². The molecule has 5 rings (SSSR count). The Balaban J connectivity index is 1.55. The highest BCUT2D eigenvalue weighted by molar-refractivity contribution is 6.03. The lowest BCUT2D eigenvalue weighted by Gasteiger charge is -2.38. The van der Waals surface area contributed by atoms with Crippen LogP contribution in [-0.2, 0) is 27.4 Å². The Kier molecular flexibility index (Phi) is 7.92. The molecule has 12 heteroatoms. The third-order valence-electron chi connectivity index (χ3n) is 8.63. The maximum absolute atomic E-state index is 14.0. The molecule has 3 aromatic rings. The van der Waals surface area contributed by atoms with Gasteiger partial charge >= 0.3 is 12.4 Å². The molecule has 2 saturated heterocycles. The van der Waals surface area contributed by atoms with Gasteiger partial charge in [-0.05, 0) is 68.1 Å². The van der Waals surface area contributed by atoms with Gasteiger partial charge in [-0.25, -0.2) is 4.98 Å². The maximum atomic E-state index is 14.0. The topological polar surface area (TPSA) is 56.8 Å². The highest BCUT2D eigenvalue weighted by Gasteiger charge is 2.42. The number of piperazine rings is 1. The van der Waals surface area contributed by atoms with Gasteiger partial charge in [0, 0.05) is 44.7 Å². The van der Waals surface area contributed by atoms with E-state index in [4.69, 9.17) is 0 Å². The summed E-state index contributed by atoms with van der Waals surface area (Å²) in [5.74, 6) is 0.0654. The second kappa shape index (κ2) is 11.1. The summed E-state index contributed by atoms with van der Waals surface area (Å²) in [7, 11) is 1.43. The summed E-state index contributed by atoms with van der Waals surface area (Å²) in [4.78, 5) is 36.0. The molecule has 0 saturated carbocycles. The van der Waals surface area contributed by atoms with E-state index in [0.717, 1.165) is 17.5 Å². The number of halogens is 6. The molecule has 0 aliphatic carbocycles. The predicted molar refractivity (Wildman–Crippen MR) is 154 cm³/mol.